The summed E-state index contributed by atoms with van der Waals surface area (Å²) in [5.41, 5.74) is 7.28. The van der Waals surface area contributed by atoms with E-state index in [2.05, 4.69) is 15.0 Å². The Morgan fingerprint density at radius 3 is 2.14 bits per heavy atom. The molecule has 11 heteroatoms. The van der Waals surface area contributed by atoms with Gasteiger partial charge in [-0.1, -0.05) is 43.3 Å². The molecular formula is C25H22ClN5O5. The van der Waals surface area contributed by atoms with Crippen molar-refractivity contribution in [2.24, 2.45) is 0 Å². The quantitative estimate of drug-likeness (QED) is 0.305. The highest BCUT2D eigenvalue weighted by Gasteiger charge is 2.50. The number of carbonyl (C=O) groups excluding carboxylic acids is 2. The molecular weight excluding hydrogens is 486 g/mol. The third-order valence-corrected chi connectivity index (χ3v) is 6.06. The zero-order valence-electron chi connectivity index (χ0n) is 19.2. The summed E-state index contributed by atoms with van der Waals surface area (Å²) in [4.78, 5) is 38.5. The van der Waals surface area contributed by atoms with Crippen molar-refractivity contribution in [3.63, 3.8) is 0 Å². The number of esters is 2. The minimum atomic E-state index is -1.03. The summed E-state index contributed by atoms with van der Waals surface area (Å²) >= 11 is 6.04. The SMILES string of the molecule is CC[C@H]1O[C@@H](n2cnc3c(N)nc(Cl)nc32)C(OC(=O)c2ccccc2)[C@H]1OC(=O)c1ccccc1. The molecule has 10 nitrogen and oxygen atoms in total. The maximum absolute atomic E-state index is 13.1. The monoisotopic (exact) mass is 507 g/mol. The highest BCUT2D eigenvalue weighted by atomic mass is 35.5. The molecule has 5 rings (SSSR count). The molecule has 3 heterocycles. The minimum absolute atomic E-state index is 0.0725. The first-order valence-electron chi connectivity index (χ1n) is 11.3. The van der Waals surface area contributed by atoms with Crippen LogP contribution in [-0.4, -0.2) is 49.8 Å². The van der Waals surface area contributed by atoms with E-state index < -0.39 is 36.5 Å². The lowest BCUT2D eigenvalue weighted by Crippen LogP contribution is -2.39. The average molecular weight is 508 g/mol. The molecule has 1 fully saturated rings. The average Bonchev–Trinajstić information content (AvgIpc) is 3.46. The topological polar surface area (TPSA) is 131 Å². The van der Waals surface area contributed by atoms with Gasteiger partial charge in [-0.05, 0) is 42.3 Å². The molecule has 1 saturated heterocycles. The Hall–Kier alpha value is -4.02. The maximum atomic E-state index is 13.1. The number of hydrogen-bond donors (Lipinski definition) is 1. The van der Waals surface area contributed by atoms with E-state index in [0.717, 1.165) is 0 Å². The molecule has 0 aliphatic carbocycles. The molecule has 1 unspecified atom stereocenters. The van der Waals surface area contributed by atoms with Gasteiger partial charge in [0.1, 0.15) is 11.6 Å². The maximum Gasteiger partial charge on any atom is 0.338 e. The lowest BCUT2D eigenvalue weighted by molar-refractivity contribution is -0.0489. The smallest absolute Gasteiger partial charge is 0.338 e. The van der Waals surface area contributed by atoms with E-state index in [4.69, 9.17) is 31.5 Å². The molecule has 36 heavy (non-hydrogen) atoms. The number of nitrogens with two attached hydrogens (primary N) is 1. The molecule has 4 atom stereocenters. The predicted molar refractivity (Wildman–Crippen MR) is 130 cm³/mol. The van der Waals surface area contributed by atoms with Crippen LogP contribution in [0, 0.1) is 0 Å². The number of imidazole rings is 1. The van der Waals surface area contributed by atoms with Gasteiger partial charge in [-0.25, -0.2) is 14.6 Å². The number of hydrogen-bond acceptors (Lipinski definition) is 9. The number of rotatable bonds is 6. The van der Waals surface area contributed by atoms with Crippen molar-refractivity contribution in [2.75, 3.05) is 5.73 Å². The number of nitrogen functional groups attached to an aromatic ring is 1. The summed E-state index contributed by atoms with van der Waals surface area (Å²) < 4.78 is 19.6. The Labute approximate surface area is 211 Å². The number of carbonyl (C=O) groups is 2. The van der Waals surface area contributed by atoms with E-state index in [1.165, 1.54) is 6.33 Å². The van der Waals surface area contributed by atoms with E-state index >= 15 is 0 Å². The van der Waals surface area contributed by atoms with Crippen LogP contribution in [0.25, 0.3) is 11.2 Å². The van der Waals surface area contributed by atoms with Gasteiger partial charge in [0.25, 0.3) is 0 Å². The molecule has 0 amide bonds. The van der Waals surface area contributed by atoms with Crippen molar-refractivity contribution >= 4 is 40.5 Å². The van der Waals surface area contributed by atoms with Crippen molar-refractivity contribution in [1.29, 1.82) is 0 Å². The zero-order valence-corrected chi connectivity index (χ0v) is 19.9. The third kappa shape index (κ3) is 4.48. The van der Waals surface area contributed by atoms with Crippen LogP contribution in [0.4, 0.5) is 5.82 Å². The van der Waals surface area contributed by atoms with E-state index in [1.807, 2.05) is 6.92 Å². The largest absolute Gasteiger partial charge is 0.452 e. The second-order valence-corrected chi connectivity index (χ2v) is 8.49. The fraction of sp³-hybridized carbons (Fsp3) is 0.240. The Morgan fingerprint density at radius 2 is 1.56 bits per heavy atom. The molecule has 0 bridgehead atoms. The van der Waals surface area contributed by atoms with Crippen LogP contribution in [0.15, 0.2) is 67.0 Å². The van der Waals surface area contributed by atoms with Crippen LogP contribution in [0.1, 0.15) is 40.3 Å². The minimum Gasteiger partial charge on any atom is -0.452 e. The molecule has 2 N–H and O–H groups in total. The van der Waals surface area contributed by atoms with E-state index in [-0.39, 0.29) is 11.1 Å². The third-order valence-electron chi connectivity index (χ3n) is 5.89. The number of fused-ring (bicyclic) bond motifs is 1. The van der Waals surface area contributed by atoms with Gasteiger partial charge >= 0.3 is 11.9 Å². The van der Waals surface area contributed by atoms with Gasteiger partial charge in [-0.3, -0.25) is 4.57 Å². The van der Waals surface area contributed by atoms with Crippen molar-refractivity contribution in [2.45, 2.75) is 37.9 Å². The summed E-state index contributed by atoms with van der Waals surface area (Å²) in [6, 6.07) is 17.1. The normalized spacial score (nSPS) is 21.4. The molecule has 1 aliphatic rings. The first kappa shape index (κ1) is 23.7. The Bertz CT molecular complexity index is 1400. The Kier molecular flexibility index (Phi) is 6.53. The zero-order chi connectivity index (χ0) is 25.2. The van der Waals surface area contributed by atoms with E-state index in [9.17, 15) is 9.59 Å². The lowest BCUT2D eigenvalue weighted by atomic mass is 10.1. The number of halogens is 1. The number of nitrogens with zero attached hydrogens (tertiary/aromatic N) is 4. The second kappa shape index (κ2) is 9.92. The van der Waals surface area contributed by atoms with Crippen molar-refractivity contribution in [3.8, 4) is 0 Å². The standard InChI is InChI=1S/C25H22ClN5O5/c1-2-16-18(35-23(32)14-9-5-3-6-10-14)19(36-24(33)15-11-7-4-8-12-15)22(34-16)31-13-28-17-20(27)29-25(26)30-21(17)31/h3-13,16,18-19,22H,2H2,1H3,(H2,27,29,30)/t16-,18+,19?,22-/m1/s1. The molecule has 1 aliphatic heterocycles. The molecule has 4 aromatic rings. The summed E-state index contributed by atoms with van der Waals surface area (Å²) in [5, 5.41) is -0.0725. The van der Waals surface area contributed by atoms with Crippen LogP contribution in [0.2, 0.25) is 5.28 Å². The number of anilines is 1. The highest BCUT2D eigenvalue weighted by Crippen LogP contribution is 2.38. The number of benzene rings is 2. The highest BCUT2D eigenvalue weighted by molar-refractivity contribution is 6.28. The Morgan fingerprint density at radius 1 is 0.972 bits per heavy atom. The van der Waals surface area contributed by atoms with E-state index in [0.29, 0.717) is 28.7 Å². The summed E-state index contributed by atoms with van der Waals surface area (Å²) in [6.07, 6.45) is -1.51. The molecule has 2 aromatic heterocycles. The molecule has 0 radical (unpaired) electrons. The molecule has 184 valence electrons. The summed E-state index contributed by atoms with van der Waals surface area (Å²) in [6.45, 7) is 1.88. The van der Waals surface area contributed by atoms with Gasteiger partial charge in [0, 0.05) is 0 Å². The predicted octanol–water partition coefficient (Wildman–Crippen LogP) is 3.82. The molecule has 0 spiro atoms. The van der Waals surface area contributed by atoms with Gasteiger partial charge in [-0.2, -0.15) is 9.97 Å². The van der Waals surface area contributed by atoms with Gasteiger partial charge in [0.05, 0.1) is 17.5 Å². The lowest BCUT2D eigenvalue weighted by Gasteiger charge is -2.24. The van der Waals surface area contributed by atoms with Crippen LogP contribution >= 0.6 is 11.6 Å². The first-order valence-corrected chi connectivity index (χ1v) is 11.7. The fourth-order valence-corrected chi connectivity index (χ4v) is 4.33. The van der Waals surface area contributed by atoms with Crippen molar-refractivity contribution in [3.05, 3.63) is 83.4 Å². The van der Waals surface area contributed by atoms with Gasteiger partial charge in [0.15, 0.2) is 29.9 Å². The fourth-order valence-electron chi connectivity index (χ4n) is 4.16. The van der Waals surface area contributed by atoms with Crippen LogP contribution in [0.3, 0.4) is 0 Å². The van der Waals surface area contributed by atoms with E-state index in [1.54, 1.807) is 65.2 Å². The number of aromatic nitrogens is 4. The van der Waals surface area contributed by atoms with Gasteiger partial charge in [-0.15, -0.1) is 0 Å². The molecule has 2 aromatic carbocycles. The first-order chi connectivity index (χ1) is 17.5. The number of ether oxygens (including phenoxy) is 3. The molecule has 0 saturated carbocycles. The van der Waals surface area contributed by atoms with Crippen molar-refractivity contribution in [1.82, 2.24) is 19.5 Å². The summed E-state index contributed by atoms with van der Waals surface area (Å²) in [5.74, 6) is -1.06. The van der Waals surface area contributed by atoms with Gasteiger partial charge < -0.3 is 19.9 Å². The van der Waals surface area contributed by atoms with Gasteiger partial charge in [0.2, 0.25) is 5.28 Å². The van der Waals surface area contributed by atoms with Crippen LogP contribution in [-0.2, 0) is 14.2 Å². The van der Waals surface area contributed by atoms with Crippen molar-refractivity contribution < 1.29 is 23.8 Å². The van der Waals surface area contributed by atoms with Crippen LogP contribution < -0.4 is 5.73 Å². The Balaban J connectivity index is 1.54. The summed E-state index contributed by atoms with van der Waals surface area (Å²) in [7, 11) is 0. The second-order valence-electron chi connectivity index (χ2n) is 8.15. The van der Waals surface area contributed by atoms with Crippen LogP contribution in [0.5, 0.6) is 0 Å².